The standard InChI is InChI=1S/C18H22FNS/c1-3-12-20-17(15-9-5-4-8-14(15)2)13-21-18-11-7-6-10-16(18)19/h4-11,17,20H,3,12-13H2,1-2H3. The lowest BCUT2D eigenvalue weighted by Crippen LogP contribution is -2.24. The van der Waals surface area contributed by atoms with Crippen LogP contribution in [0.5, 0.6) is 0 Å². The molecule has 21 heavy (non-hydrogen) atoms. The first-order chi connectivity index (χ1) is 10.2. The Morgan fingerprint density at radius 1 is 1.10 bits per heavy atom. The summed E-state index contributed by atoms with van der Waals surface area (Å²) in [7, 11) is 0. The van der Waals surface area contributed by atoms with Crippen molar-refractivity contribution in [1.29, 1.82) is 0 Å². The maximum absolute atomic E-state index is 13.7. The van der Waals surface area contributed by atoms with Gasteiger partial charge in [0.2, 0.25) is 0 Å². The van der Waals surface area contributed by atoms with Crippen LogP contribution in [0.4, 0.5) is 4.39 Å². The van der Waals surface area contributed by atoms with Crippen LogP contribution in [0.25, 0.3) is 0 Å². The number of aryl methyl sites for hydroxylation is 1. The number of thioether (sulfide) groups is 1. The van der Waals surface area contributed by atoms with Crippen molar-refractivity contribution in [2.75, 3.05) is 12.3 Å². The van der Waals surface area contributed by atoms with Crippen LogP contribution in [0.2, 0.25) is 0 Å². The van der Waals surface area contributed by atoms with Gasteiger partial charge in [-0.05, 0) is 43.1 Å². The second-order valence-electron chi connectivity index (χ2n) is 5.10. The molecule has 1 nitrogen and oxygen atoms in total. The topological polar surface area (TPSA) is 12.0 Å². The SMILES string of the molecule is CCCNC(CSc1ccccc1F)c1ccccc1C. The third-order valence-corrected chi connectivity index (χ3v) is 4.59. The van der Waals surface area contributed by atoms with Gasteiger partial charge in [0, 0.05) is 16.7 Å². The van der Waals surface area contributed by atoms with E-state index in [0.717, 1.165) is 23.6 Å². The van der Waals surface area contributed by atoms with Crippen molar-refractivity contribution in [3.63, 3.8) is 0 Å². The Morgan fingerprint density at radius 2 is 1.81 bits per heavy atom. The van der Waals surface area contributed by atoms with E-state index in [1.165, 1.54) is 17.2 Å². The Kier molecular flexibility index (Phi) is 6.27. The highest BCUT2D eigenvalue weighted by Gasteiger charge is 2.14. The zero-order chi connectivity index (χ0) is 15.1. The number of hydrogen-bond acceptors (Lipinski definition) is 2. The number of hydrogen-bond donors (Lipinski definition) is 1. The van der Waals surface area contributed by atoms with E-state index in [2.05, 4.69) is 43.4 Å². The van der Waals surface area contributed by atoms with Gasteiger partial charge in [0.1, 0.15) is 5.82 Å². The van der Waals surface area contributed by atoms with Gasteiger partial charge < -0.3 is 5.32 Å². The van der Waals surface area contributed by atoms with Crippen molar-refractivity contribution in [3.05, 3.63) is 65.5 Å². The lowest BCUT2D eigenvalue weighted by molar-refractivity contribution is 0.573. The highest BCUT2D eigenvalue weighted by Crippen LogP contribution is 2.28. The highest BCUT2D eigenvalue weighted by molar-refractivity contribution is 7.99. The summed E-state index contributed by atoms with van der Waals surface area (Å²) in [6, 6.07) is 15.6. The predicted molar refractivity (Wildman–Crippen MR) is 89.3 cm³/mol. The third-order valence-electron chi connectivity index (χ3n) is 3.45. The van der Waals surface area contributed by atoms with Gasteiger partial charge in [0.25, 0.3) is 0 Å². The van der Waals surface area contributed by atoms with Gasteiger partial charge in [-0.1, -0.05) is 43.3 Å². The van der Waals surface area contributed by atoms with Crippen LogP contribution in [0, 0.1) is 12.7 Å². The van der Waals surface area contributed by atoms with Gasteiger partial charge in [-0.15, -0.1) is 11.8 Å². The average Bonchev–Trinajstić information content (AvgIpc) is 2.50. The summed E-state index contributed by atoms with van der Waals surface area (Å²) in [5.74, 6) is 0.688. The lowest BCUT2D eigenvalue weighted by atomic mass is 10.0. The monoisotopic (exact) mass is 303 g/mol. The first-order valence-corrected chi connectivity index (χ1v) is 8.37. The molecule has 0 bridgehead atoms. The third kappa shape index (κ3) is 4.58. The van der Waals surface area contributed by atoms with Gasteiger partial charge in [0.05, 0.1) is 0 Å². The van der Waals surface area contributed by atoms with Crippen molar-refractivity contribution >= 4 is 11.8 Å². The fourth-order valence-electron chi connectivity index (χ4n) is 2.29. The van der Waals surface area contributed by atoms with Crippen molar-refractivity contribution in [2.45, 2.75) is 31.2 Å². The highest BCUT2D eigenvalue weighted by atomic mass is 32.2. The molecule has 3 heteroatoms. The molecule has 0 radical (unpaired) electrons. The summed E-state index contributed by atoms with van der Waals surface area (Å²) >= 11 is 1.57. The zero-order valence-corrected chi connectivity index (χ0v) is 13.4. The second kappa shape index (κ2) is 8.20. The Hall–Kier alpha value is -1.32. The average molecular weight is 303 g/mol. The Morgan fingerprint density at radius 3 is 2.52 bits per heavy atom. The van der Waals surface area contributed by atoms with Crippen molar-refractivity contribution in [3.8, 4) is 0 Å². The molecule has 0 heterocycles. The minimum absolute atomic E-state index is 0.137. The molecule has 0 spiro atoms. The predicted octanol–water partition coefficient (Wildman–Crippen LogP) is 4.97. The second-order valence-corrected chi connectivity index (χ2v) is 6.17. The van der Waals surface area contributed by atoms with Crippen molar-refractivity contribution in [1.82, 2.24) is 5.32 Å². The summed E-state index contributed by atoms with van der Waals surface area (Å²) in [4.78, 5) is 0.717. The van der Waals surface area contributed by atoms with Crippen LogP contribution in [0.15, 0.2) is 53.4 Å². The lowest BCUT2D eigenvalue weighted by Gasteiger charge is -2.20. The quantitative estimate of drug-likeness (QED) is 0.725. The molecule has 0 amide bonds. The molecule has 112 valence electrons. The summed E-state index contributed by atoms with van der Waals surface area (Å²) < 4.78 is 13.7. The van der Waals surface area contributed by atoms with E-state index in [9.17, 15) is 4.39 Å². The number of nitrogens with one attached hydrogen (secondary N) is 1. The summed E-state index contributed by atoms with van der Waals surface area (Å²) in [5, 5.41) is 3.57. The van der Waals surface area contributed by atoms with Gasteiger partial charge in [-0.2, -0.15) is 0 Å². The minimum Gasteiger partial charge on any atom is -0.309 e. The minimum atomic E-state index is -0.137. The molecule has 1 atom stereocenters. The van der Waals surface area contributed by atoms with Crippen LogP contribution < -0.4 is 5.32 Å². The van der Waals surface area contributed by atoms with E-state index in [-0.39, 0.29) is 11.9 Å². The molecular weight excluding hydrogens is 281 g/mol. The molecule has 0 aliphatic rings. The van der Waals surface area contributed by atoms with Gasteiger partial charge >= 0.3 is 0 Å². The Labute approximate surface area is 131 Å². The van der Waals surface area contributed by atoms with Crippen molar-refractivity contribution < 1.29 is 4.39 Å². The molecule has 0 aliphatic carbocycles. The fourth-order valence-corrected chi connectivity index (χ4v) is 3.31. The van der Waals surface area contributed by atoms with Gasteiger partial charge in [0.15, 0.2) is 0 Å². The summed E-state index contributed by atoms with van der Waals surface area (Å²) in [6.45, 7) is 5.26. The zero-order valence-electron chi connectivity index (χ0n) is 12.6. The largest absolute Gasteiger partial charge is 0.309 e. The maximum atomic E-state index is 13.7. The number of benzene rings is 2. The molecule has 0 saturated heterocycles. The Balaban J connectivity index is 2.10. The van der Waals surface area contributed by atoms with E-state index in [1.807, 2.05) is 12.1 Å². The van der Waals surface area contributed by atoms with E-state index in [0.29, 0.717) is 0 Å². The summed E-state index contributed by atoms with van der Waals surface area (Å²) in [5.41, 5.74) is 2.58. The van der Waals surface area contributed by atoms with Crippen molar-refractivity contribution in [2.24, 2.45) is 0 Å². The molecule has 2 aromatic rings. The molecule has 1 N–H and O–H groups in total. The van der Waals surface area contributed by atoms with E-state index in [1.54, 1.807) is 17.8 Å². The van der Waals surface area contributed by atoms with Gasteiger partial charge in [-0.3, -0.25) is 0 Å². The first kappa shape index (κ1) is 16.1. The fraction of sp³-hybridized carbons (Fsp3) is 0.333. The normalized spacial score (nSPS) is 12.3. The molecule has 2 rings (SSSR count). The molecule has 1 unspecified atom stereocenters. The van der Waals surface area contributed by atoms with Crippen LogP contribution in [0.1, 0.15) is 30.5 Å². The molecular formula is C18H22FNS. The number of rotatable bonds is 7. The van der Waals surface area contributed by atoms with E-state index in [4.69, 9.17) is 0 Å². The molecule has 2 aromatic carbocycles. The van der Waals surface area contributed by atoms with Crippen LogP contribution in [-0.4, -0.2) is 12.3 Å². The Bertz CT molecular complexity index is 571. The molecule has 0 aromatic heterocycles. The van der Waals surface area contributed by atoms with Crippen LogP contribution in [0.3, 0.4) is 0 Å². The van der Waals surface area contributed by atoms with E-state index < -0.39 is 0 Å². The van der Waals surface area contributed by atoms with Gasteiger partial charge in [-0.25, -0.2) is 4.39 Å². The van der Waals surface area contributed by atoms with Crippen LogP contribution >= 0.6 is 11.8 Å². The van der Waals surface area contributed by atoms with Crippen LogP contribution in [-0.2, 0) is 0 Å². The molecule has 0 aliphatic heterocycles. The summed E-state index contributed by atoms with van der Waals surface area (Å²) in [6.07, 6.45) is 1.09. The molecule has 0 fully saturated rings. The first-order valence-electron chi connectivity index (χ1n) is 7.38. The number of halogens is 1. The van der Waals surface area contributed by atoms with E-state index >= 15 is 0 Å². The molecule has 0 saturated carbocycles. The maximum Gasteiger partial charge on any atom is 0.136 e. The smallest absolute Gasteiger partial charge is 0.136 e.